The van der Waals surface area contributed by atoms with E-state index in [9.17, 15) is 0 Å². The zero-order chi connectivity index (χ0) is 16.1. The molecular weight excluding hydrogens is 247 g/mol. The molecule has 0 saturated carbocycles. The molecule has 0 aromatic rings. The van der Waals surface area contributed by atoms with Crippen molar-refractivity contribution in [3.8, 4) is 0 Å². The first-order chi connectivity index (χ1) is 9.18. The fourth-order valence-electron chi connectivity index (χ4n) is 1.84. The van der Waals surface area contributed by atoms with Crippen LogP contribution in [-0.2, 0) is 4.74 Å². The van der Waals surface area contributed by atoms with E-state index in [1.165, 1.54) is 12.8 Å². The second-order valence-electron chi connectivity index (χ2n) is 6.27. The van der Waals surface area contributed by atoms with Crippen LogP contribution in [0.3, 0.4) is 0 Å². The number of ether oxygens (including phenoxy) is 1. The van der Waals surface area contributed by atoms with Gasteiger partial charge in [0.2, 0.25) is 0 Å². The Balaban J connectivity index is 0. The second-order valence-corrected chi connectivity index (χ2v) is 6.27. The van der Waals surface area contributed by atoms with Crippen LogP contribution in [0.1, 0.15) is 68.2 Å². The van der Waals surface area contributed by atoms with Crippen molar-refractivity contribution in [2.24, 2.45) is 0 Å². The predicted molar refractivity (Wildman–Crippen MR) is 94.6 cm³/mol. The summed E-state index contributed by atoms with van der Waals surface area (Å²) in [5.74, 6) is 0. The van der Waals surface area contributed by atoms with E-state index in [-0.39, 0.29) is 0 Å². The molecule has 0 aliphatic carbocycles. The molecule has 1 aliphatic heterocycles. The first-order valence-corrected chi connectivity index (χ1v) is 7.85. The van der Waals surface area contributed by atoms with Crippen molar-refractivity contribution < 1.29 is 9.55 Å². The lowest BCUT2D eigenvalue weighted by Gasteiger charge is -2.30. The zero-order valence-corrected chi connectivity index (χ0v) is 14.5. The standard InChI is InChI=1S/C6H18BN.C6H15N.C4H8O/c1-5(2)8(7)6(3)4;1-5(2)7-6(3)4;1-2-4-5-3-1/h5-6,8H,1-4,7H3;5-7H,1-4H3;1-4H2. The average molecular weight is 288 g/mol. The molecule has 124 valence electrons. The third kappa shape index (κ3) is 17.9. The van der Waals surface area contributed by atoms with Crippen LogP contribution in [0, 0.1) is 0 Å². The highest BCUT2D eigenvalue weighted by Gasteiger charge is 2.02. The van der Waals surface area contributed by atoms with Crippen molar-refractivity contribution in [1.82, 2.24) is 5.32 Å². The fraction of sp³-hybridized carbons (Fsp3) is 1.00. The van der Waals surface area contributed by atoms with Crippen LogP contribution in [0.5, 0.6) is 0 Å². The Hall–Kier alpha value is -0.0551. The van der Waals surface area contributed by atoms with Crippen LogP contribution in [0.15, 0.2) is 0 Å². The molecule has 0 bridgehead atoms. The molecule has 0 radical (unpaired) electrons. The number of nitrogens with one attached hydrogen (secondary N) is 2. The lowest BCUT2D eigenvalue weighted by molar-refractivity contribution is -0.827. The predicted octanol–water partition coefficient (Wildman–Crippen LogP) is 1.16. The van der Waals surface area contributed by atoms with E-state index in [0.717, 1.165) is 25.3 Å². The molecule has 0 spiro atoms. The van der Waals surface area contributed by atoms with Gasteiger partial charge in [0.05, 0.1) is 0 Å². The Bertz CT molecular complexity index is 171. The number of hydrogen-bond donors (Lipinski definition) is 2. The fourth-order valence-corrected chi connectivity index (χ4v) is 1.84. The maximum absolute atomic E-state index is 4.94. The quantitative estimate of drug-likeness (QED) is 0.759. The molecule has 0 aromatic carbocycles. The summed E-state index contributed by atoms with van der Waals surface area (Å²) < 4.78 is 4.94. The minimum Gasteiger partial charge on any atom is -0.529 e. The summed E-state index contributed by atoms with van der Waals surface area (Å²) in [6.07, 6.45) is 2.56. The van der Waals surface area contributed by atoms with Crippen LogP contribution < -0.4 is 10.1 Å². The Morgan fingerprint density at radius 3 is 1.20 bits per heavy atom. The molecule has 1 saturated heterocycles. The van der Waals surface area contributed by atoms with Gasteiger partial charge < -0.3 is 14.9 Å². The van der Waals surface area contributed by atoms with Crippen LogP contribution >= 0.6 is 0 Å². The largest absolute Gasteiger partial charge is 0.529 e. The van der Waals surface area contributed by atoms with Crippen LogP contribution in [0.2, 0.25) is 0 Å². The lowest BCUT2D eigenvalue weighted by atomic mass is 10.1. The molecule has 1 heterocycles. The van der Waals surface area contributed by atoms with Crippen molar-refractivity contribution in [1.29, 1.82) is 0 Å². The Labute approximate surface area is 129 Å². The highest BCUT2D eigenvalue weighted by Crippen LogP contribution is 1.98. The van der Waals surface area contributed by atoms with E-state index in [1.807, 2.05) is 4.81 Å². The van der Waals surface area contributed by atoms with E-state index < -0.39 is 0 Å². The van der Waals surface area contributed by atoms with E-state index in [1.54, 1.807) is 0 Å². The van der Waals surface area contributed by atoms with Gasteiger partial charge in [0.25, 0.3) is 0 Å². The van der Waals surface area contributed by atoms with Gasteiger partial charge in [0.1, 0.15) is 0 Å². The monoisotopic (exact) mass is 288 g/mol. The zero-order valence-electron chi connectivity index (χ0n) is 14.5. The first-order valence-electron chi connectivity index (χ1n) is 7.85. The van der Waals surface area contributed by atoms with E-state index in [0.29, 0.717) is 20.1 Å². The summed E-state index contributed by atoms with van der Waals surface area (Å²) >= 11 is 0. The Morgan fingerprint density at radius 2 is 1.15 bits per heavy atom. The first kappa shape index (κ1) is 22.2. The summed E-state index contributed by atoms with van der Waals surface area (Å²) in [6, 6.07) is 2.99. The number of hydrogen-bond acceptors (Lipinski definition) is 2. The Kier molecular flexibility index (Phi) is 15.5. The SMILES string of the molecule is C1CCOC1.CC(C)NC(C)C.[BH3-][NH+](C(C)C)C(C)C. The summed E-state index contributed by atoms with van der Waals surface area (Å²) in [4.78, 5) is 1.85. The molecule has 20 heavy (non-hydrogen) atoms. The molecule has 1 aliphatic rings. The summed E-state index contributed by atoms with van der Waals surface area (Å²) in [6.45, 7) is 19.8. The van der Waals surface area contributed by atoms with Gasteiger partial charge in [-0.25, -0.2) is 0 Å². The highest BCUT2D eigenvalue weighted by atomic mass is 16.5. The molecule has 3 nitrogen and oxygen atoms in total. The molecule has 1 rings (SSSR count). The summed E-state index contributed by atoms with van der Waals surface area (Å²) in [5.41, 5.74) is 0. The molecule has 2 N–H and O–H groups in total. The second kappa shape index (κ2) is 13.9. The third-order valence-electron chi connectivity index (χ3n) is 2.16. The molecule has 0 aromatic heterocycles. The van der Waals surface area contributed by atoms with Gasteiger partial charge in [0.15, 0.2) is 7.98 Å². The lowest BCUT2D eigenvalue weighted by Crippen LogP contribution is -3.16. The minimum atomic E-state index is 0.509. The minimum absolute atomic E-state index is 0.509. The molecule has 0 atom stereocenters. The topological polar surface area (TPSA) is 25.7 Å². The van der Waals surface area contributed by atoms with Gasteiger partial charge in [-0.15, -0.1) is 0 Å². The smallest absolute Gasteiger partial charge is 0.168 e. The van der Waals surface area contributed by atoms with Crippen LogP contribution in [0.4, 0.5) is 0 Å². The summed E-state index contributed by atoms with van der Waals surface area (Å²) in [5, 5.41) is 3.31. The number of quaternary nitrogens is 1. The maximum Gasteiger partial charge on any atom is 0.168 e. The van der Waals surface area contributed by atoms with Gasteiger partial charge in [-0.2, -0.15) is 0 Å². The van der Waals surface area contributed by atoms with Crippen molar-refractivity contribution in [2.45, 2.75) is 92.4 Å². The van der Waals surface area contributed by atoms with E-state index in [4.69, 9.17) is 4.74 Å². The highest BCUT2D eigenvalue weighted by molar-refractivity contribution is 5.95. The van der Waals surface area contributed by atoms with Gasteiger partial charge in [-0.1, -0.05) is 27.7 Å². The molecule has 4 heteroatoms. The van der Waals surface area contributed by atoms with Crippen molar-refractivity contribution >= 4 is 7.98 Å². The van der Waals surface area contributed by atoms with E-state index in [2.05, 4.69) is 60.7 Å². The van der Waals surface area contributed by atoms with Crippen molar-refractivity contribution in [3.63, 3.8) is 0 Å². The molecule has 0 amide bonds. The third-order valence-corrected chi connectivity index (χ3v) is 2.16. The van der Waals surface area contributed by atoms with Gasteiger partial charge in [-0.05, 0) is 40.5 Å². The van der Waals surface area contributed by atoms with Crippen LogP contribution in [0.25, 0.3) is 0 Å². The van der Waals surface area contributed by atoms with Crippen LogP contribution in [-0.4, -0.2) is 45.4 Å². The summed E-state index contributed by atoms with van der Waals surface area (Å²) in [7, 11) is 0.509. The average Bonchev–Trinajstić information content (AvgIpc) is 2.84. The molecular formula is C16H41BN2O. The number of rotatable bonds is 4. The van der Waals surface area contributed by atoms with Crippen molar-refractivity contribution in [2.75, 3.05) is 13.2 Å². The van der Waals surface area contributed by atoms with Gasteiger partial charge >= 0.3 is 0 Å². The normalized spacial score (nSPS) is 14.7. The van der Waals surface area contributed by atoms with Gasteiger partial charge in [-0.3, -0.25) is 0 Å². The maximum atomic E-state index is 4.94. The molecule has 0 unspecified atom stereocenters. The molecule has 1 fully saturated rings. The Morgan fingerprint density at radius 1 is 0.800 bits per heavy atom. The van der Waals surface area contributed by atoms with E-state index >= 15 is 0 Å². The van der Waals surface area contributed by atoms with Crippen molar-refractivity contribution in [3.05, 3.63) is 0 Å². The van der Waals surface area contributed by atoms with Gasteiger partial charge in [0, 0.05) is 37.4 Å².